The molecule has 2 N–H and O–H groups in total. The Hall–Kier alpha value is -2.55. The van der Waals surface area contributed by atoms with Crippen LogP contribution in [0.5, 0.6) is 0 Å². The second kappa shape index (κ2) is 6.52. The predicted octanol–water partition coefficient (Wildman–Crippen LogP) is 1.08. The molecule has 126 valence electrons. The first-order valence-corrected chi connectivity index (χ1v) is 9.22. The van der Waals surface area contributed by atoms with E-state index in [4.69, 9.17) is 5.11 Å². The van der Waals surface area contributed by atoms with Crippen LogP contribution in [0, 0.1) is 5.92 Å². The quantitative estimate of drug-likeness (QED) is 0.823. The third kappa shape index (κ3) is 3.85. The van der Waals surface area contributed by atoms with Gasteiger partial charge >= 0.3 is 5.97 Å². The second-order valence-corrected chi connectivity index (χ2v) is 7.88. The van der Waals surface area contributed by atoms with Gasteiger partial charge in [0.05, 0.1) is 28.5 Å². The Bertz CT molecular complexity index is 869. The van der Waals surface area contributed by atoms with Crippen molar-refractivity contribution in [3.63, 3.8) is 0 Å². The first-order valence-electron chi connectivity index (χ1n) is 7.40. The number of hydrogen-bond acceptors (Lipinski definition) is 7. The SMILES string of the molecule is O=C(O)c1ccnc(-c2ccnc(NCC3CCS(=O)(=O)C3)n2)c1. The van der Waals surface area contributed by atoms with Crippen molar-refractivity contribution in [2.75, 3.05) is 23.4 Å². The summed E-state index contributed by atoms with van der Waals surface area (Å²) in [4.78, 5) is 23.6. The van der Waals surface area contributed by atoms with Crippen LogP contribution < -0.4 is 5.32 Å². The fraction of sp³-hybridized carbons (Fsp3) is 0.333. The van der Waals surface area contributed by atoms with E-state index >= 15 is 0 Å². The van der Waals surface area contributed by atoms with Crippen LogP contribution in [-0.2, 0) is 9.84 Å². The van der Waals surface area contributed by atoms with Gasteiger partial charge in [0.2, 0.25) is 5.95 Å². The second-order valence-electron chi connectivity index (χ2n) is 5.65. The summed E-state index contributed by atoms with van der Waals surface area (Å²) in [5.74, 6) is -0.211. The fourth-order valence-corrected chi connectivity index (χ4v) is 4.42. The van der Waals surface area contributed by atoms with E-state index in [-0.39, 0.29) is 23.0 Å². The Labute approximate surface area is 138 Å². The normalized spacial score (nSPS) is 19.1. The van der Waals surface area contributed by atoms with E-state index in [1.54, 1.807) is 12.3 Å². The molecule has 1 fully saturated rings. The number of hydrogen-bond donors (Lipinski definition) is 2. The molecule has 1 saturated heterocycles. The van der Waals surface area contributed by atoms with Crippen LogP contribution in [0.1, 0.15) is 16.8 Å². The number of carbonyl (C=O) groups is 1. The van der Waals surface area contributed by atoms with Gasteiger partial charge in [0.1, 0.15) is 0 Å². The van der Waals surface area contributed by atoms with E-state index in [0.717, 1.165) is 0 Å². The number of pyridine rings is 1. The number of anilines is 1. The largest absolute Gasteiger partial charge is 0.478 e. The minimum atomic E-state index is -2.91. The maximum atomic E-state index is 11.5. The van der Waals surface area contributed by atoms with E-state index in [1.165, 1.54) is 18.3 Å². The van der Waals surface area contributed by atoms with Crippen LogP contribution in [0.3, 0.4) is 0 Å². The summed E-state index contributed by atoms with van der Waals surface area (Å²) in [7, 11) is -2.91. The van der Waals surface area contributed by atoms with Gasteiger partial charge in [-0.2, -0.15) is 0 Å². The lowest BCUT2D eigenvalue weighted by molar-refractivity contribution is 0.0697. The Morgan fingerprint density at radius 3 is 2.75 bits per heavy atom. The Balaban J connectivity index is 1.72. The number of carboxylic acids is 1. The van der Waals surface area contributed by atoms with Crippen LogP contribution >= 0.6 is 0 Å². The molecule has 1 unspecified atom stereocenters. The molecular formula is C15H16N4O4S. The topological polar surface area (TPSA) is 122 Å². The molecule has 1 aliphatic heterocycles. The average Bonchev–Trinajstić information content (AvgIpc) is 2.92. The predicted molar refractivity (Wildman–Crippen MR) is 87.5 cm³/mol. The monoisotopic (exact) mass is 348 g/mol. The van der Waals surface area contributed by atoms with Crippen molar-refractivity contribution in [1.29, 1.82) is 0 Å². The third-order valence-corrected chi connectivity index (χ3v) is 5.64. The van der Waals surface area contributed by atoms with Gasteiger partial charge in [0.25, 0.3) is 0 Å². The van der Waals surface area contributed by atoms with E-state index in [2.05, 4.69) is 20.3 Å². The van der Waals surface area contributed by atoms with Gasteiger partial charge in [0.15, 0.2) is 9.84 Å². The highest BCUT2D eigenvalue weighted by Crippen LogP contribution is 2.20. The molecule has 0 spiro atoms. The minimum Gasteiger partial charge on any atom is -0.478 e. The summed E-state index contributed by atoms with van der Waals surface area (Å²) < 4.78 is 22.9. The van der Waals surface area contributed by atoms with Crippen LogP contribution in [0.25, 0.3) is 11.4 Å². The van der Waals surface area contributed by atoms with Crippen molar-refractivity contribution in [1.82, 2.24) is 15.0 Å². The van der Waals surface area contributed by atoms with E-state index in [9.17, 15) is 13.2 Å². The molecule has 0 amide bonds. The molecule has 0 saturated carbocycles. The molecule has 8 nitrogen and oxygen atoms in total. The number of nitrogens with zero attached hydrogens (tertiary/aromatic N) is 3. The number of rotatable bonds is 5. The molecule has 0 bridgehead atoms. The minimum absolute atomic E-state index is 0.0516. The summed E-state index contributed by atoms with van der Waals surface area (Å²) >= 11 is 0. The molecule has 3 rings (SSSR count). The highest BCUT2D eigenvalue weighted by Gasteiger charge is 2.27. The van der Waals surface area contributed by atoms with Crippen molar-refractivity contribution in [3.8, 4) is 11.4 Å². The highest BCUT2D eigenvalue weighted by molar-refractivity contribution is 7.91. The summed E-state index contributed by atoms with van der Waals surface area (Å²) in [6, 6.07) is 4.49. The summed E-state index contributed by atoms with van der Waals surface area (Å²) in [6.45, 7) is 0.477. The van der Waals surface area contributed by atoms with Crippen molar-refractivity contribution >= 4 is 21.8 Å². The van der Waals surface area contributed by atoms with Crippen molar-refractivity contribution < 1.29 is 18.3 Å². The van der Waals surface area contributed by atoms with E-state index in [0.29, 0.717) is 30.3 Å². The van der Waals surface area contributed by atoms with Crippen molar-refractivity contribution in [2.45, 2.75) is 6.42 Å². The van der Waals surface area contributed by atoms with Gasteiger partial charge < -0.3 is 10.4 Å². The molecule has 1 atom stereocenters. The van der Waals surface area contributed by atoms with Gasteiger partial charge in [-0.3, -0.25) is 4.98 Å². The number of aromatic carboxylic acids is 1. The molecule has 3 heterocycles. The number of aromatic nitrogens is 3. The highest BCUT2D eigenvalue weighted by atomic mass is 32.2. The van der Waals surface area contributed by atoms with Crippen molar-refractivity contribution in [3.05, 3.63) is 36.2 Å². The van der Waals surface area contributed by atoms with E-state index < -0.39 is 15.8 Å². The lowest BCUT2D eigenvalue weighted by Crippen LogP contribution is -2.17. The van der Waals surface area contributed by atoms with E-state index in [1.807, 2.05) is 0 Å². The number of nitrogens with one attached hydrogen (secondary N) is 1. The summed E-state index contributed by atoms with van der Waals surface area (Å²) in [6.07, 6.45) is 3.60. The smallest absolute Gasteiger partial charge is 0.335 e. The summed E-state index contributed by atoms with van der Waals surface area (Å²) in [5, 5.41) is 12.1. The van der Waals surface area contributed by atoms with Gasteiger partial charge in [-0.1, -0.05) is 0 Å². The van der Waals surface area contributed by atoms with Gasteiger partial charge in [-0.15, -0.1) is 0 Å². The molecule has 1 aliphatic rings. The molecule has 0 aliphatic carbocycles. The van der Waals surface area contributed by atoms with Crippen LogP contribution in [0.15, 0.2) is 30.6 Å². The van der Waals surface area contributed by atoms with Crippen LogP contribution in [0.4, 0.5) is 5.95 Å². The standard InChI is InChI=1S/C15H16N4O4S/c20-14(21)11-1-4-16-13(7-11)12-2-5-17-15(19-12)18-8-10-3-6-24(22,23)9-10/h1-2,4-5,7,10H,3,6,8-9H2,(H,20,21)(H,17,18,19). The molecular weight excluding hydrogens is 332 g/mol. The van der Waals surface area contributed by atoms with Gasteiger partial charge in [0, 0.05) is 18.9 Å². The first-order chi connectivity index (χ1) is 11.4. The Kier molecular flexibility index (Phi) is 4.43. The average molecular weight is 348 g/mol. The zero-order chi connectivity index (χ0) is 17.2. The first kappa shape index (κ1) is 16.3. The molecule has 0 radical (unpaired) electrons. The van der Waals surface area contributed by atoms with Crippen LogP contribution in [-0.4, -0.2) is 52.5 Å². The van der Waals surface area contributed by atoms with Gasteiger partial charge in [-0.05, 0) is 30.5 Å². The third-order valence-electron chi connectivity index (χ3n) is 3.80. The van der Waals surface area contributed by atoms with Crippen molar-refractivity contribution in [2.24, 2.45) is 5.92 Å². The number of carboxylic acid groups (broad SMARTS) is 1. The molecule has 2 aromatic heterocycles. The lowest BCUT2D eigenvalue weighted by Gasteiger charge is -2.10. The van der Waals surface area contributed by atoms with Crippen LogP contribution in [0.2, 0.25) is 0 Å². The Morgan fingerprint density at radius 1 is 1.25 bits per heavy atom. The van der Waals surface area contributed by atoms with Gasteiger partial charge in [-0.25, -0.2) is 23.2 Å². The molecule has 2 aromatic rings. The molecule has 9 heteroatoms. The molecule has 24 heavy (non-hydrogen) atoms. The molecule has 0 aromatic carbocycles. The fourth-order valence-electron chi connectivity index (χ4n) is 2.56. The lowest BCUT2D eigenvalue weighted by atomic mass is 10.1. The zero-order valence-electron chi connectivity index (χ0n) is 12.7. The number of sulfone groups is 1. The Morgan fingerprint density at radius 2 is 2.04 bits per heavy atom. The maximum absolute atomic E-state index is 11.5. The zero-order valence-corrected chi connectivity index (χ0v) is 13.5. The maximum Gasteiger partial charge on any atom is 0.335 e. The summed E-state index contributed by atoms with van der Waals surface area (Å²) in [5.41, 5.74) is 1.06.